The molecular formula is C21H25FN2O2. The minimum absolute atomic E-state index is 0.0834. The monoisotopic (exact) mass is 356 g/mol. The number of aryl methyl sites for hydroxylation is 1. The van der Waals surface area contributed by atoms with E-state index in [9.17, 15) is 14.0 Å². The van der Waals surface area contributed by atoms with E-state index in [-0.39, 0.29) is 17.6 Å². The van der Waals surface area contributed by atoms with Crippen molar-refractivity contribution in [3.05, 3.63) is 65.5 Å². The van der Waals surface area contributed by atoms with Gasteiger partial charge in [0.2, 0.25) is 5.91 Å². The first-order chi connectivity index (χ1) is 12.2. The van der Waals surface area contributed by atoms with Crippen LogP contribution in [0.25, 0.3) is 0 Å². The summed E-state index contributed by atoms with van der Waals surface area (Å²) >= 11 is 0. The third kappa shape index (κ3) is 4.91. The minimum atomic E-state index is -0.499. The molecule has 0 aliphatic rings. The fraction of sp³-hybridized carbons (Fsp3) is 0.333. The van der Waals surface area contributed by atoms with Crippen LogP contribution in [0.3, 0.4) is 0 Å². The predicted octanol–water partition coefficient (Wildman–Crippen LogP) is 3.94. The molecule has 0 heterocycles. The van der Waals surface area contributed by atoms with E-state index >= 15 is 0 Å². The van der Waals surface area contributed by atoms with Gasteiger partial charge in [0, 0.05) is 29.8 Å². The summed E-state index contributed by atoms with van der Waals surface area (Å²) in [6, 6.07) is 13.1. The molecule has 0 bridgehead atoms. The van der Waals surface area contributed by atoms with Crippen molar-refractivity contribution in [1.29, 1.82) is 0 Å². The van der Waals surface area contributed by atoms with Gasteiger partial charge in [-0.05, 0) is 42.8 Å². The number of hydrogen-bond acceptors (Lipinski definition) is 2. The lowest BCUT2D eigenvalue weighted by Gasteiger charge is -2.25. The van der Waals surface area contributed by atoms with Crippen LogP contribution in [-0.4, -0.2) is 24.9 Å². The Morgan fingerprint density at radius 1 is 1.04 bits per heavy atom. The van der Waals surface area contributed by atoms with Crippen LogP contribution in [0.5, 0.6) is 0 Å². The summed E-state index contributed by atoms with van der Waals surface area (Å²) in [7, 11) is 0. The lowest BCUT2D eigenvalue weighted by atomic mass is 9.96. The molecule has 0 saturated carbocycles. The summed E-state index contributed by atoms with van der Waals surface area (Å²) in [6.45, 7) is 7.97. The first-order valence-corrected chi connectivity index (χ1v) is 8.61. The van der Waals surface area contributed by atoms with Gasteiger partial charge in [-0.1, -0.05) is 39.0 Å². The molecule has 4 nitrogen and oxygen atoms in total. The highest BCUT2D eigenvalue weighted by molar-refractivity contribution is 6.07. The molecule has 0 aromatic heterocycles. The molecule has 0 radical (unpaired) electrons. The number of nitrogens with one attached hydrogen (secondary N) is 1. The van der Waals surface area contributed by atoms with E-state index in [2.05, 4.69) is 5.32 Å². The van der Waals surface area contributed by atoms with E-state index < -0.39 is 5.41 Å². The SMILES string of the molecule is Cc1ccccc1C(=O)N(CCNC(=O)C(C)(C)C)c1ccc(F)cc1. The summed E-state index contributed by atoms with van der Waals surface area (Å²) in [5.41, 5.74) is 1.53. The highest BCUT2D eigenvalue weighted by Gasteiger charge is 2.23. The second-order valence-electron chi connectivity index (χ2n) is 7.25. The van der Waals surface area contributed by atoms with Gasteiger partial charge in [-0.2, -0.15) is 0 Å². The number of hydrogen-bond donors (Lipinski definition) is 1. The van der Waals surface area contributed by atoms with E-state index in [4.69, 9.17) is 0 Å². The van der Waals surface area contributed by atoms with Crippen LogP contribution < -0.4 is 10.2 Å². The number of amides is 2. The van der Waals surface area contributed by atoms with Crippen LogP contribution >= 0.6 is 0 Å². The normalized spacial score (nSPS) is 11.1. The molecule has 2 aromatic carbocycles. The maximum atomic E-state index is 13.3. The standard InChI is InChI=1S/C21H25FN2O2/c1-15-7-5-6-8-18(15)19(25)24(17-11-9-16(22)10-12-17)14-13-23-20(26)21(2,3)4/h5-12H,13-14H2,1-4H3,(H,23,26). The van der Waals surface area contributed by atoms with Gasteiger partial charge in [0.05, 0.1) is 0 Å². The summed E-state index contributed by atoms with van der Waals surface area (Å²) in [5, 5.41) is 2.85. The highest BCUT2D eigenvalue weighted by atomic mass is 19.1. The van der Waals surface area contributed by atoms with Crippen LogP contribution in [0.2, 0.25) is 0 Å². The average molecular weight is 356 g/mol. The molecule has 2 rings (SSSR count). The molecule has 2 amide bonds. The van der Waals surface area contributed by atoms with Crippen LogP contribution in [0.1, 0.15) is 36.7 Å². The van der Waals surface area contributed by atoms with Crippen LogP contribution in [0.15, 0.2) is 48.5 Å². The second-order valence-corrected chi connectivity index (χ2v) is 7.25. The fourth-order valence-corrected chi connectivity index (χ4v) is 2.47. The van der Waals surface area contributed by atoms with Gasteiger partial charge in [-0.15, -0.1) is 0 Å². The van der Waals surface area contributed by atoms with Gasteiger partial charge in [0.25, 0.3) is 5.91 Å². The fourth-order valence-electron chi connectivity index (χ4n) is 2.47. The van der Waals surface area contributed by atoms with Crippen molar-refractivity contribution in [2.24, 2.45) is 5.41 Å². The van der Waals surface area contributed by atoms with E-state index in [1.54, 1.807) is 23.1 Å². The van der Waals surface area contributed by atoms with Crippen molar-refractivity contribution in [1.82, 2.24) is 5.32 Å². The third-order valence-corrected chi connectivity index (χ3v) is 4.06. The summed E-state index contributed by atoms with van der Waals surface area (Å²) in [5.74, 6) is -0.627. The first kappa shape index (κ1) is 19.6. The Morgan fingerprint density at radius 3 is 2.23 bits per heavy atom. The average Bonchev–Trinajstić information content (AvgIpc) is 2.58. The quantitative estimate of drug-likeness (QED) is 0.882. The molecule has 0 aliphatic carbocycles. The predicted molar refractivity (Wildman–Crippen MR) is 102 cm³/mol. The number of halogens is 1. The Balaban J connectivity index is 2.22. The van der Waals surface area contributed by atoms with Gasteiger partial charge in [0.1, 0.15) is 5.82 Å². The topological polar surface area (TPSA) is 49.4 Å². The lowest BCUT2D eigenvalue weighted by Crippen LogP contribution is -2.42. The zero-order chi connectivity index (χ0) is 19.3. The van der Waals surface area contributed by atoms with Crippen molar-refractivity contribution in [3.63, 3.8) is 0 Å². The summed E-state index contributed by atoms with van der Waals surface area (Å²) in [4.78, 5) is 26.7. The van der Waals surface area contributed by atoms with Crippen molar-refractivity contribution in [2.45, 2.75) is 27.7 Å². The number of anilines is 1. The molecule has 0 atom stereocenters. The first-order valence-electron chi connectivity index (χ1n) is 8.61. The molecule has 2 aromatic rings. The lowest BCUT2D eigenvalue weighted by molar-refractivity contribution is -0.128. The Bertz CT molecular complexity index is 779. The number of rotatable bonds is 5. The molecule has 0 aliphatic heterocycles. The van der Waals surface area contributed by atoms with Crippen molar-refractivity contribution < 1.29 is 14.0 Å². The number of nitrogens with zero attached hydrogens (tertiary/aromatic N) is 1. The number of carbonyl (C=O) groups excluding carboxylic acids is 2. The van der Waals surface area contributed by atoms with Gasteiger partial charge in [0.15, 0.2) is 0 Å². The second kappa shape index (κ2) is 8.13. The van der Waals surface area contributed by atoms with E-state index in [1.165, 1.54) is 12.1 Å². The Morgan fingerprint density at radius 2 is 1.65 bits per heavy atom. The number of benzene rings is 2. The minimum Gasteiger partial charge on any atom is -0.354 e. The van der Waals surface area contributed by atoms with E-state index in [0.29, 0.717) is 24.3 Å². The largest absolute Gasteiger partial charge is 0.354 e. The number of carbonyl (C=O) groups is 2. The third-order valence-electron chi connectivity index (χ3n) is 4.06. The molecule has 0 fully saturated rings. The van der Waals surface area contributed by atoms with Gasteiger partial charge < -0.3 is 10.2 Å². The van der Waals surface area contributed by atoms with Gasteiger partial charge >= 0.3 is 0 Å². The van der Waals surface area contributed by atoms with Gasteiger partial charge in [-0.25, -0.2) is 4.39 Å². The highest BCUT2D eigenvalue weighted by Crippen LogP contribution is 2.19. The summed E-state index contributed by atoms with van der Waals surface area (Å²) < 4.78 is 13.3. The Labute approximate surface area is 154 Å². The van der Waals surface area contributed by atoms with Crippen molar-refractivity contribution in [3.8, 4) is 0 Å². The summed E-state index contributed by atoms with van der Waals surface area (Å²) in [6.07, 6.45) is 0. The van der Waals surface area contributed by atoms with Crippen LogP contribution in [-0.2, 0) is 4.79 Å². The zero-order valence-electron chi connectivity index (χ0n) is 15.7. The smallest absolute Gasteiger partial charge is 0.258 e. The van der Waals surface area contributed by atoms with Crippen molar-refractivity contribution >= 4 is 17.5 Å². The molecule has 0 unspecified atom stereocenters. The molecule has 0 saturated heterocycles. The van der Waals surface area contributed by atoms with Crippen LogP contribution in [0.4, 0.5) is 10.1 Å². The molecule has 1 N–H and O–H groups in total. The Hall–Kier alpha value is -2.69. The zero-order valence-corrected chi connectivity index (χ0v) is 15.7. The van der Waals surface area contributed by atoms with Crippen molar-refractivity contribution in [2.75, 3.05) is 18.0 Å². The Kier molecular flexibility index (Phi) is 6.14. The van der Waals surface area contributed by atoms with Crippen LogP contribution in [0, 0.1) is 18.2 Å². The maximum absolute atomic E-state index is 13.3. The van der Waals surface area contributed by atoms with E-state index in [1.807, 2.05) is 45.9 Å². The molecule has 138 valence electrons. The maximum Gasteiger partial charge on any atom is 0.258 e. The molecule has 26 heavy (non-hydrogen) atoms. The molecule has 5 heteroatoms. The molecular weight excluding hydrogens is 331 g/mol. The van der Waals surface area contributed by atoms with Gasteiger partial charge in [-0.3, -0.25) is 9.59 Å². The van der Waals surface area contributed by atoms with E-state index in [0.717, 1.165) is 5.56 Å². The molecule has 0 spiro atoms.